The van der Waals surface area contributed by atoms with Gasteiger partial charge in [0.05, 0.1) is 22.4 Å². The van der Waals surface area contributed by atoms with E-state index in [1.165, 1.54) is 12.1 Å². The number of nitro benzene ring substituents is 1. The van der Waals surface area contributed by atoms with Crippen molar-refractivity contribution in [3.05, 3.63) is 116 Å². The molecule has 0 amide bonds. The number of para-hydroxylation sites is 1. The van der Waals surface area contributed by atoms with E-state index < -0.39 is 4.92 Å². The molecule has 0 spiro atoms. The Balaban J connectivity index is 1.82. The van der Waals surface area contributed by atoms with Crippen LogP contribution in [0.15, 0.2) is 83.7 Å². The van der Waals surface area contributed by atoms with Crippen LogP contribution in [-0.4, -0.2) is 14.5 Å². The molecule has 0 aliphatic rings. The van der Waals surface area contributed by atoms with E-state index in [2.05, 4.69) is 4.98 Å². The number of fused-ring (bicyclic) bond motifs is 1. The topological polar surface area (TPSA) is 78.0 Å². The molecule has 0 saturated carbocycles. The standard InChI is InChI=1S/C23H17N3O3/c27-23-20-11-4-5-12-21(20)24-22(25(23)16-18-7-2-1-3-8-18)14-13-17-9-6-10-19(15-17)26(28)29/h1-15H,16H2. The first-order chi connectivity index (χ1) is 14.1. The van der Waals surface area contributed by atoms with Crippen LogP contribution < -0.4 is 5.56 Å². The van der Waals surface area contributed by atoms with E-state index in [1.807, 2.05) is 42.5 Å². The second-order valence-electron chi connectivity index (χ2n) is 6.55. The summed E-state index contributed by atoms with van der Waals surface area (Å²) in [5.41, 5.74) is 2.14. The molecule has 6 nitrogen and oxygen atoms in total. The quantitative estimate of drug-likeness (QED) is 0.375. The molecule has 1 heterocycles. The largest absolute Gasteiger partial charge is 0.288 e. The summed E-state index contributed by atoms with van der Waals surface area (Å²) in [5, 5.41) is 11.6. The molecule has 4 rings (SSSR count). The molecule has 0 atom stereocenters. The van der Waals surface area contributed by atoms with Crippen LogP contribution in [-0.2, 0) is 6.54 Å². The Kier molecular flexibility index (Phi) is 4.99. The van der Waals surface area contributed by atoms with E-state index in [1.54, 1.807) is 41.0 Å². The van der Waals surface area contributed by atoms with Crippen LogP contribution >= 0.6 is 0 Å². The average Bonchev–Trinajstić information content (AvgIpc) is 2.75. The predicted octanol–water partition coefficient (Wildman–Crippen LogP) is 4.52. The Morgan fingerprint density at radius 3 is 2.48 bits per heavy atom. The fraction of sp³-hybridized carbons (Fsp3) is 0.0435. The van der Waals surface area contributed by atoms with Crippen molar-refractivity contribution in [1.29, 1.82) is 0 Å². The zero-order chi connectivity index (χ0) is 20.2. The molecule has 0 aliphatic heterocycles. The molecule has 0 N–H and O–H groups in total. The minimum absolute atomic E-state index is 0.0142. The van der Waals surface area contributed by atoms with Crippen molar-refractivity contribution in [3.63, 3.8) is 0 Å². The predicted molar refractivity (Wildman–Crippen MR) is 114 cm³/mol. The lowest BCUT2D eigenvalue weighted by atomic mass is 10.1. The van der Waals surface area contributed by atoms with E-state index in [0.717, 1.165) is 5.56 Å². The Hall–Kier alpha value is -4.06. The molecule has 29 heavy (non-hydrogen) atoms. The number of non-ortho nitro benzene ring substituents is 1. The third-order valence-electron chi connectivity index (χ3n) is 4.58. The van der Waals surface area contributed by atoms with Crippen LogP contribution in [0.25, 0.3) is 23.1 Å². The van der Waals surface area contributed by atoms with Crippen LogP contribution in [0.3, 0.4) is 0 Å². The summed E-state index contributed by atoms with van der Waals surface area (Å²) in [5.74, 6) is 0.490. The third-order valence-corrected chi connectivity index (χ3v) is 4.58. The third kappa shape index (κ3) is 3.96. The summed E-state index contributed by atoms with van der Waals surface area (Å²) in [6.07, 6.45) is 3.45. The smallest absolute Gasteiger partial charge is 0.270 e. The molecular formula is C23H17N3O3. The average molecular weight is 383 g/mol. The van der Waals surface area contributed by atoms with Gasteiger partial charge in [-0.25, -0.2) is 4.98 Å². The maximum atomic E-state index is 13.1. The van der Waals surface area contributed by atoms with Crippen molar-refractivity contribution in [2.24, 2.45) is 0 Å². The van der Waals surface area contributed by atoms with Gasteiger partial charge in [0.1, 0.15) is 5.82 Å². The van der Waals surface area contributed by atoms with Crippen LogP contribution in [0.1, 0.15) is 17.0 Å². The highest BCUT2D eigenvalue weighted by molar-refractivity contribution is 5.79. The summed E-state index contributed by atoms with van der Waals surface area (Å²) >= 11 is 0. The van der Waals surface area contributed by atoms with E-state index in [0.29, 0.717) is 28.8 Å². The van der Waals surface area contributed by atoms with Gasteiger partial charge in [0.25, 0.3) is 11.2 Å². The Labute approximate surface area is 166 Å². The second-order valence-corrected chi connectivity index (χ2v) is 6.55. The van der Waals surface area contributed by atoms with Crippen LogP contribution in [0, 0.1) is 10.1 Å². The Morgan fingerprint density at radius 1 is 0.931 bits per heavy atom. The number of hydrogen-bond donors (Lipinski definition) is 0. The van der Waals surface area contributed by atoms with Gasteiger partial charge in [0, 0.05) is 12.1 Å². The molecule has 0 radical (unpaired) electrons. The van der Waals surface area contributed by atoms with E-state index >= 15 is 0 Å². The number of aromatic nitrogens is 2. The second kappa shape index (κ2) is 7.90. The lowest BCUT2D eigenvalue weighted by molar-refractivity contribution is -0.384. The summed E-state index contributed by atoms with van der Waals surface area (Å²) in [6.45, 7) is 0.381. The fourth-order valence-electron chi connectivity index (χ4n) is 3.14. The normalized spacial score (nSPS) is 11.2. The number of rotatable bonds is 5. The van der Waals surface area contributed by atoms with E-state index in [-0.39, 0.29) is 11.2 Å². The molecule has 4 aromatic rings. The van der Waals surface area contributed by atoms with E-state index in [9.17, 15) is 14.9 Å². The molecule has 142 valence electrons. The highest BCUT2D eigenvalue weighted by atomic mass is 16.6. The van der Waals surface area contributed by atoms with Crippen LogP contribution in [0.5, 0.6) is 0 Å². The summed E-state index contributed by atoms with van der Waals surface area (Å²) < 4.78 is 1.62. The van der Waals surface area contributed by atoms with Gasteiger partial charge in [0.15, 0.2) is 0 Å². The molecule has 0 bridgehead atoms. The molecule has 0 unspecified atom stereocenters. The van der Waals surface area contributed by atoms with Crippen LogP contribution in [0.4, 0.5) is 5.69 Å². The minimum atomic E-state index is -0.434. The Bertz CT molecular complexity index is 1280. The summed E-state index contributed by atoms with van der Waals surface area (Å²) in [4.78, 5) is 28.3. The summed E-state index contributed by atoms with van der Waals surface area (Å²) in [7, 11) is 0. The van der Waals surface area contributed by atoms with Gasteiger partial charge in [-0.1, -0.05) is 60.7 Å². The first-order valence-electron chi connectivity index (χ1n) is 9.08. The SMILES string of the molecule is O=c1c2ccccc2nc(C=Cc2cccc([N+](=O)[O-])c2)n1Cc1ccccc1. The fourth-order valence-corrected chi connectivity index (χ4v) is 3.14. The molecule has 0 fully saturated rings. The highest BCUT2D eigenvalue weighted by Crippen LogP contribution is 2.16. The maximum absolute atomic E-state index is 13.1. The Morgan fingerprint density at radius 2 is 1.69 bits per heavy atom. The first kappa shape index (κ1) is 18.3. The van der Waals surface area contributed by atoms with Gasteiger partial charge < -0.3 is 0 Å². The number of hydrogen-bond acceptors (Lipinski definition) is 4. The van der Waals surface area contributed by atoms with Crippen molar-refractivity contribution in [1.82, 2.24) is 9.55 Å². The van der Waals surface area contributed by atoms with Crippen LogP contribution in [0.2, 0.25) is 0 Å². The molecule has 0 aliphatic carbocycles. The van der Waals surface area contributed by atoms with Crippen molar-refractivity contribution < 1.29 is 4.92 Å². The summed E-state index contributed by atoms with van der Waals surface area (Å²) in [6, 6.07) is 23.2. The lowest BCUT2D eigenvalue weighted by Crippen LogP contribution is -2.24. The van der Waals surface area contributed by atoms with Crippen molar-refractivity contribution in [3.8, 4) is 0 Å². The van der Waals surface area contributed by atoms with Gasteiger partial charge in [-0.15, -0.1) is 0 Å². The molecule has 6 heteroatoms. The lowest BCUT2D eigenvalue weighted by Gasteiger charge is -2.11. The molecule has 3 aromatic carbocycles. The zero-order valence-corrected chi connectivity index (χ0v) is 15.4. The highest BCUT2D eigenvalue weighted by Gasteiger charge is 2.10. The number of nitro groups is 1. The van der Waals surface area contributed by atoms with Gasteiger partial charge in [-0.05, 0) is 29.3 Å². The van der Waals surface area contributed by atoms with Crippen molar-refractivity contribution in [2.75, 3.05) is 0 Å². The van der Waals surface area contributed by atoms with Gasteiger partial charge in [-0.2, -0.15) is 0 Å². The van der Waals surface area contributed by atoms with Crippen molar-refractivity contribution in [2.45, 2.75) is 6.54 Å². The number of benzene rings is 3. The monoisotopic (exact) mass is 383 g/mol. The van der Waals surface area contributed by atoms with Crippen molar-refractivity contribution >= 4 is 28.7 Å². The maximum Gasteiger partial charge on any atom is 0.270 e. The van der Waals surface area contributed by atoms with Gasteiger partial charge in [-0.3, -0.25) is 19.5 Å². The molecule has 0 saturated heterocycles. The first-order valence-corrected chi connectivity index (χ1v) is 9.08. The van der Waals surface area contributed by atoms with E-state index in [4.69, 9.17) is 0 Å². The molecular weight excluding hydrogens is 366 g/mol. The molecule has 1 aromatic heterocycles. The minimum Gasteiger partial charge on any atom is -0.288 e. The van der Waals surface area contributed by atoms with Gasteiger partial charge in [0.2, 0.25) is 0 Å². The van der Waals surface area contributed by atoms with Gasteiger partial charge >= 0.3 is 0 Å². The number of nitrogens with zero attached hydrogens (tertiary/aromatic N) is 3. The zero-order valence-electron chi connectivity index (χ0n) is 15.4.